The maximum Gasteiger partial charge on any atom is 0.0991 e. The van der Waals surface area contributed by atoms with Gasteiger partial charge in [0.2, 0.25) is 0 Å². The van der Waals surface area contributed by atoms with Crippen LogP contribution in [0.5, 0.6) is 0 Å². The van der Waals surface area contributed by atoms with E-state index in [0.29, 0.717) is 5.56 Å². The molecule has 1 unspecified atom stereocenters. The number of hydrogen-bond acceptors (Lipinski definition) is 5. The number of nitrogens with zero attached hydrogens (tertiary/aromatic N) is 3. The van der Waals surface area contributed by atoms with Crippen molar-refractivity contribution in [3.05, 3.63) is 77.6 Å². The Balaban J connectivity index is 1.78. The van der Waals surface area contributed by atoms with Crippen LogP contribution in [0.3, 0.4) is 0 Å². The van der Waals surface area contributed by atoms with Crippen LogP contribution in [0.4, 0.5) is 5.69 Å². The van der Waals surface area contributed by atoms with Crippen LogP contribution in [0.2, 0.25) is 0 Å². The Bertz CT molecular complexity index is 1010. The van der Waals surface area contributed by atoms with Gasteiger partial charge in [-0.2, -0.15) is 5.26 Å². The summed E-state index contributed by atoms with van der Waals surface area (Å²) in [6, 6.07) is 17.8. The number of nitriles is 1. The molecule has 2 heterocycles. The van der Waals surface area contributed by atoms with E-state index in [4.69, 9.17) is 11.0 Å². The van der Waals surface area contributed by atoms with E-state index in [2.05, 4.69) is 34.8 Å². The van der Waals surface area contributed by atoms with Crippen LogP contribution in [0.1, 0.15) is 22.7 Å². The minimum atomic E-state index is 0.0214. The molecule has 5 heteroatoms. The lowest BCUT2D eigenvalue weighted by Gasteiger charge is -2.18. The van der Waals surface area contributed by atoms with Gasteiger partial charge < -0.3 is 10.7 Å². The SMILES string of the molecule is CN1C=C(c2ccc3nccc(N)c3c2)C(c2ccc(C#N)cc2)N1. The Morgan fingerprint density at radius 2 is 1.96 bits per heavy atom. The van der Waals surface area contributed by atoms with Gasteiger partial charge >= 0.3 is 0 Å². The van der Waals surface area contributed by atoms with E-state index in [1.807, 2.05) is 48.5 Å². The number of anilines is 1. The summed E-state index contributed by atoms with van der Waals surface area (Å²) in [7, 11) is 1.97. The number of hydrazine groups is 1. The van der Waals surface area contributed by atoms with Crippen molar-refractivity contribution in [2.75, 3.05) is 12.8 Å². The molecular formula is C20H17N5. The molecule has 0 saturated heterocycles. The highest BCUT2D eigenvalue weighted by atomic mass is 15.5. The third-order valence-corrected chi connectivity index (χ3v) is 4.46. The molecule has 0 bridgehead atoms. The minimum Gasteiger partial charge on any atom is -0.398 e. The fourth-order valence-corrected chi connectivity index (χ4v) is 3.19. The number of hydrogen-bond donors (Lipinski definition) is 2. The summed E-state index contributed by atoms with van der Waals surface area (Å²) in [4.78, 5) is 4.36. The van der Waals surface area contributed by atoms with Crippen LogP contribution in [-0.2, 0) is 0 Å². The molecule has 5 nitrogen and oxygen atoms in total. The molecule has 3 N–H and O–H groups in total. The summed E-state index contributed by atoms with van der Waals surface area (Å²) in [6.07, 6.45) is 3.80. The number of fused-ring (bicyclic) bond motifs is 1. The van der Waals surface area contributed by atoms with Crippen molar-refractivity contribution in [3.63, 3.8) is 0 Å². The Labute approximate surface area is 146 Å². The second-order valence-electron chi connectivity index (χ2n) is 6.12. The lowest BCUT2D eigenvalue weighted by atomic mass is 9.93. The number of pyridine rings is 1. The fourth-order valence-electron chi connectivity index (χ4n) is 3.19. The van der Waals surface area contributed by atoms with Gasteiger partial charge in [-0.1, -0.05) is 18.2 Å². The van der Waals surface area contributed by atoms with Gasteiger partial charge in [-0.25, -0.2) is 5.43 Å². The summed E-state index contributed by atoms with van der Waals surface area (Å²) in [5, 5.41) is 11.9. The van der Waals surface area contributed by atoms with Gasteiger partial charge in [0.05, 0.1) is 23.2 Å². The van der Waals surface area contributed by atoms with Crippen LogP contribution in [0, 0.1) is 11.3 Å². The summed E-state index contributed by atoms with van der Waals surface area (Å²) >= 11 is 0. The molecular weight excluding hydrogens is 310 g/mol. The van der Waals surface area contributed by atoms with Crippen LogP contribution in [-0.4, -0.2) is 17.0 Å². The molecule has 1 aliphatic heterocycles. The molecule has 0 aliphatic carbocycles. The number of rotatable bonds is 2. The van der Waals surface area contributed by atoms with Gasteiger partial charge in [0, 0.05) is 30.5 Å². The molecule has 4 rings (SSSR count). The van der Waals surface area contributed by atoms with E-state index in [0.717, 1.165) is 33.3 Å². The summed E-state index contributed by atoms with van der Waals surface area (Å²) < 4.78 is 0. The number of nitrogens with one attached hydrogen (secondary N) is 1. The van der Waals surface area contributed by atoms with Crippen LogP contribution in [0.15, 0.2) is 60.9 Å². The average Bonchev–Trinajstić information content (AvgIpc) is 3.04. The van der Waals surface area contributed by atoms with Crippen molar-refractivity contribution in [2.45, 2.75) is 6.04 Å². The molecule has 0 radical (unpaired) electrons. The van der Waals surface area contributed by atoms with Crippen molar-refractivity contribution in [1.82, 2.24) is 15.4 Å². The first-order valence-corrected chi connectivity index (χ1v) is 8.01. The molecule has 122 valence electrons. The van der Waals surface area contributed by atoms with Crippen molar-refractivity contribution in [2.24, 2.45) is 0 Å². The van der Waals surface area contributed by atoms with Crippen LogP contribution < -0.4 is 11.2 Å². The zero-order valence-electron chi connectivity index (χ0n) is 13.8. The predicted molar refractivity (Wildman–Crippen MR) is 98.9 cm³/mol. The summed E-state index contributed by atoms with van der Waals surface area (Å²) in [5.41, 5.74) is 15.2. The highest BCUT2D eigenvalue weighted by molar-refractivity contribution is 5.92. The normalized spacial score (nSPS) is 16.7. The maximum absolute atomic E-state index is 8.99. The van der Waals surface area contributed by atoms with Gasteiger partial charge in [0.1, 0.15) is 0 Å². The molecule has 3 aromatic rings. The van der Waals surface area contributed by atoms with Gasteiger partial charge in [-0.3, -0.25) is 4.98 Å². The van der Waals surface area contributed by atoms with Crippen molar-refractivity contribution < 1.29 is 0 Å². The standard InChI is InChI=1S/C20H17N5/c1-25-12-17(20(24-25)14-4-2-13(11-21)3-5-14)15-6-7-19-16(10-15)18(22)8-9-23-19/h2-10,12,20,24H,1H3,(H2,22,23). The van der Waals surface area contributed by atoms with Crippen molar-refractivity contribution in [3.8, 4) is 6.07 Å². The highest BCUT2D eigenvalue weighted by Crippen LogP contribution is 2.36. The monoisotopic (exact) mass is 327 g/mol. The van der Waals surface area contributed by atoms with E-state index in [9.17, 15) is 0 Å². The highest BCUT2D eigenvalue weighted by Gasteiger charge is 2.25. The molecule has 1 atom stereocenters. The zero-order valence-corrected chi connectivity index (χ0v) is 13.8. The van der Waals surface area contributed by atoms with Gasteiger partial charge in [0.15, 0.2) is 0 Å². The Hall–Kier alpha value is -3.36. The largest absolute Gasteiger partial charge is 0.398 e. The van der Waals surface area contributed by atoms with E-state index in [1.54, 1.807) is 6.20 Å². The van der Waals surface area contributed by atoms with Gasteiger partial charge in [-0.15, -0.1) is 0 Å². The predicted octanol–water partition coefficient (Wildman–Crippen LogP) is 3.22. The first-order chi connectivity index (χ1) is 12.2. The van der Waals surface area contributed by atoms with Gasteiger partial charge in [-0.05, 0) is 47.0 Å². The zero-order chi connectivity index (χ0) is 17.4. The maximum atomic E-state index is 8.99. The van der Waals surface area contributed by atoms with Crippen LogP contribution >= 0.6 is 0 Å². The summed E-state index contributed by atoms with van der Waals surface area (Å²) in [6.45, 7) is 0. The molecule has 0 spiro atoms. The smallest absolute Gasteiger partial charge is 0.0991 e. The molecule has 2 aromatic carbocycles. The lowest BCUT2D eigenvalue weighted by molar-refractivity contribution is 0.334. The minimum absolute atomic E-state index is 0.0214. The Morgan fingerprint density at radius 3 is 2.72 bits per heavy atom. The van der Waals surface area contributed by atoms with Gasteiger partial charge in [0.25, 0.3) is 0 Å². The van der Waals surface area contributed by atoms with Crippen molar-refractivity contribution >= 4 is 22.2 Å². The molecule has 0 amide bonds. The molecule has 1 aliphatic rings. The third-order valence-electron chi connectivity index (χ3n) is 4.46. The molecule has 0 fully saturated rings. The molecule has 25 heavy (non-hydrogen) atoms. The third kappa shape index (κ3) is 2.69. The first kappa shape index (κ1) is 15.2. The first-order valence-electron chi connectivity index (χ1n) is 8.01. The van der Waals surface area contributed by atoms with E-state index >= 15 is 0 Å². The van der Waals surface area contributed by atoms with E-state index in [1.165, 1.54) is 0 Å². The number of nitrogens with two attached hydrogens (primary N) is 1. The average molecular weight is 327 g/mol. The van der Waals surface area contributed by atoms with Crippen molar-refractivity contribution in [1.29, 1.82) is 5.26 Å². The summed E-state index contributed by atoms with van der Waals surface area (Å²) in [5.74, 6) is 0. The number of aromatic nitrogens is 1. The topological polar surface area (TPSA) is 78.0 Å². The molecule has 1 aromatic heterocycles. The molecule has 0 saturated carbocycles. The Kier molecular flexibility index (Phi) is 3.60. The Morgan fingerprint density at radius 1 is 1.16 bits per heavy atom. The quantitative estimate of drug-likeness (QED) is 0.755. The number of benzene rings is 2. The number of nitrogen functional groups attached to an aromatic ring is 1. The van der Waals surface area contributed by atoms with E-state index in [-0.39, 0.29) is 6.04 Å². The fraction of sp³-hybridized carbons (Fsp3) is 0.100. The lowest BCUT2D eigenvalue weighted by Crippen LogP contribution is -2.27. The second kappa shape index (κ2) is 5.93. The van der Waals surface area contributed by atoms with Crippen LogP contribution in [0.25, 0.3) is 16.5 Å². The second-order valence-corrected chi connectivity index (χ2v) is 6.12. The van der Waals surface area contributed by atoms with E-state index < -0.39 is 0 Å².